The number of hydrogen-bond acceptors (Lipinski definition) is 5. The van der Waals surface area contributed by atoms with Gasteiger partial charge in [0, 0.05) is 19.7 Å². The Morgan fingerprint density at radius 2 is 2.41 bits per heavy atom. The maximum Gasteiger partial charge on any atom is 0.157 e. The number of rotatable bonds is 3. The van der Waals surface area contributed by atoms with E-state index in [9.17, 15) is 0 Å². The van der Waals surface area contributed by atoms with Crippen LogP contribution in [0.25, 0.3) is 0 Å². The van der Waals surface area contributed by atoms with Crippen LogP contribution in [0.15, 0.2) is 6.33 Å². The molecule has 0 aromatic carbocycles. The molecule has 1 atom stereocenters. The van der Waals surface area contributed by atoms with Gasteiger partial charge in [-0.3, -0.25) is 0 Å². The van der Waals surface area contributed by atoms with E-state index in [-0.39, 0.29) is 6.10 Å². The van der Waals surface area contributed by atoms with Gasteiger partial charge in [0.15, 0.2) is 11.0 Å². The van der Waals surface area contributed by atoms with Crippen molar-refractivity contribution in [1.29, 1.82) is 0 Å². The van der Waals surface area contributed by atoms with Crippen LogP contribution in [0, 0.1) is 0 Å². The predicted molar refractivity (Wildman–Crippen MR) is 68.3 cm³/mol. The molecule has 0 saturated carbocycles. The number of nitrogens with zero attached hydrogens (tertiary/aromatic N) is 3. The van der Waals surface area contributed by atoms with Crippen LogP contribution in [-0.2, 0) is 4.74 Å². The third-order valence-electron chi connectivity index (χ3n) is 2.89. The Labute approximate surface area is 106 Å². The first-order valence-corrected chi connectivity index (χ1v) is 6.22. The van der Waals surface area contributed by atoms with Crippen molar-refractivity contribution >= 4 is 23.1 Å². The number of nitrogens with two attached hydrogens (primary N) is 1. The molecule has 0 bridgehead atoms. The van der Waals surface area contributed by atoms with E-state index in [1.54, 1.807) is 0 Å². The normalized spacial score (nSPS) is 20.6. The Kier molecular flexibility index (Phi) is 4.02. The lowest BCUT2D eigenvalue weighted by atomic mass is 10.1. The highest BCUT2D eigenvalue weighted by molar-refractivity contribution is 6.32. The lowest BCUT2D eigenvalue weighted by Crippen LogP contribution is -2.40. The largest absolute Gasteiger partial charge is 0.393 e. The molecule has 1 aliphatic rings. The number of piperidine rings is 1. The van der Waals surface area contributed by atoms with E-state index in [1.165, 1.54) is 6.33 Å². The molecule has 0 aliphatic carbocycles. The van der Waals surface area contributed by atoms with Gasteiger partial charge in [-0.1, -0.05) is 11.6 Å². The summed E-state index contributed by atoms with van der Waals surface area (Å²) in [7, 11) is 0. The minimum Gasteiger partial charge on any atom is -0.393 e. The molecule has 1 aromatic rings. The number of anilines is 2. The van der Waals surface area contributed by atoms with Gasteiger partial charge < -0.3 is 15.4 Å². The quantitative estimate of drug-likeness (QED) is 0.835. The van der Waals surface area contributed by atoms with Crippen molar-refractivity contribution in [2.75, 3.05) is 30.3 Å². The van der Waals surface area contributed by atoms with Gasteiger partial charge in [0.25, 0.3) is 0 Å². The van der Waals surface area contributed by atoms with Gasteiger partial charge in [-0.2, -0.15) is 0 Å². The third-order valence-corrected chi connectivity index (χ3v) is 3.20. The Bertz CT molecular complexity index is 386. The van der Waals surface area contributed by atoms with Gasteiger partial charge in [-0.25, -0.2) is 9.97 Å². The summed E-state index contributed by atoms with van der Waals surface area (Å²) in [6.07, 6.45) is 3.86. The van der Waals surface area contributed by atoms with Gasteiger partial charge in [0.05, 0.1) is 6.10 Å². The first kappa shape index (κ1) is 12.4. The molecular weight excluding hydrogens is 240 g/mol. The zero-order valence-electron chi connectivity index (χ0n) is 9.90. The van der Waals surface area contributed by atoms with Crippen molar-refractivity contribution < 1.29 is 4.74 Å². The molecule has 1 unspecified atom stereocenters. The van der Waals surface area contributed by atoms with E-state index < -0.39 is 0 Å². The molecule has 6 heteroatoms. The van der Waals surface area contributed by atoms with Crippen LogP contribution in [-0.4, -0.2) is 35.8 Å². The highest BCUT2D eigenvalue weighted by atomic mass is 35.5. The number of ether oxygens (including phenoxy) is 1. The summed E-state index contributed by atoms with van der Waals surface area (Å²) in [5.74, 6) is 0.717. The second-order valence-electron chi connectivity index (χ2n) is 4.07. The van der Waals surface area contributed by atoms with Crippen molar-refractivity contribution in [1.82, 2.24) is 9.97 Å². The molecule has 1 aliphatic heterocycles. The summed E-state index contributed by atoms with van der Waals surface area (Å²) in [5, 5.41) is 0.313. The van der Waals surface area contributed by atoms with Gasteiger partial charge in [-0.15, -0.1) is 0 Å². The lowest BCUT2D eigenvalue weighted by Gasteiger charge is -2.33. The van der Waals surface area contributed by atoms with Crippen LogP contribution in [0.3, 0.4) is 0 Å². The van der Waals surface area contributed by atoms with Crippen LogP contribution in [0.1, 0.15) is 19.8 Å². The Morgan fingerprint density at radius 1 is 1.59 bits per heavy atom. The molecule has 0 radical (unpaired) electrons. The monoisotopic (exact) mass is 256 g/mol. The van der Waals surface area contributed by atoms with Crippen LogP contribution < -0.4 is 10.6 Å². The topological polar surface area (TPSA) is 64.3 Å². The first-order valence-electron chi connectivity index (χ1n) is 5.85. The SMILES string of the molecule is CCOC1CCCN(c2ncnc(Cl)c2N)C1. The number of aromatic nitrogens is 2. The standard InChI is InChI=1S/C11H17ClN4O/c1-2-17-8-4-3-5-16(6-8)11-9(13)10(12)14-7-15-11/h7-8H,2-6,13H2,1H3. The molecule has 2 rings (SSSR count). The second kappa shape index (κ2) is 5.51. The molecule has 2 N–H and O–H groups in total. The van der Waals surface area contributed by atoms with Crippen molar-refractivity contribution in [3.8, 4) is 0 Å². The average molecular weight is 257 g/mol. The highest BCUT2D eigenvalue weighted by Crippen LogP contribution is 2.28. The molecule has 94 valence electrons. The average Bonchev–Trinajstić information content (AvgIpc) is 2.33. The summed E-state index contributed by atoms with van der Waals surface area (Å²) >= 11 is 5.90. The third kappa shape index (κ3) is 2.79. The van der Waals surface area contributed by atoms with Gasteiger partial charge in [-0.05, 0) is 19.8 Å². The molecule has 5 nitrogen and oxygen atoms in total. The second-order valence-corrected chi connectivity index (χ2v) is 4.43. The maximum absolute atomic E-state index is 5.90. The Morgan fingerprint density at radius 3 is 3.18 bits per heavy atom. The van der Waals surface area contributed by atoms with E-state index in [1.807, 2.05) is 6.92 Å². The van der Waals surface area contributed by atoms with E-state index in [4.69, 9.17) is 22.1 Å². The predicted octanol–water partition coefficient (Wildman–Crippen LogP) is 1.72. The molecule has 0 amide bonds. The van der Waals surface area contributed by atoms with E-state index in [2.05, 4.69) is 14.9 Å². The number of hydrogen-bond donors (Lipinski definition) is 1. The lowest BCUT2D eigenvalue weighted by molar-refractivity contribution is 0.0525. The first-order chi connectivity index (χ1) is 8.22. The van der Waals surface area contributed by atoms with Crippen molar-refractivity contribution in [2.24, 2.45) is 0 Å². The van der Waals surface area contributed by atoms with Crippen molar-refractivity contribution in [2.45, 2.75) is 25.9 Å². The fraction of sp³-hybridized carbons (Fsp3) is 0.636. The summed E-state index contributed by atoms with van der Waals surface area (Å²) in [5.41, 5.74) is 6.34. The molecule has 1 saturated heterocycles. The zero-order valence-corrected chi connectivity index (χ0v) is 10.7. The van der Waals surface area contributed by atoms with Crippen LogP contribution in [0.5, 0.6) is 0 Å². The Balaban J connectivity index is 2.13. The summed E-state index contributed by atoms with van der Waals surface area (Å²) in [6.45, 7) is 4.49. The van der Waals surface area contributed by atoms with Crippen molar-refractivity contribution in [3.05, 3.63) is 11.5 Å². The molecule has 17 heavy (non-hydrogen) atoms. The van der Waals surface area contributed by atoms with Crippen LogP contribution in [0.2, 0.25) is 5.15 Å². The summed E-state index contributed by atoms with van der Waals surface area (Å²) in [4.78, 5) is 10.2. The smallest absolute Gasteiger partial charge is 0.157 e. The molecule has 1 fully saturated rings. The summed E-state index contributed by atoms with van der Waals surface area (Å²) in [6, 6.07) is 0. The minimum absolute atomic E-state index is 0.252. The van der Waals surface area contributed by atoms with E-state index >= 15 is 0 Å². The van der Waals surface area contributed by atoms with Gasteiger partial charge in [0.1, 0.15) is 12.0 Å². The molecule has 2 heterocycles. The fourth-order valence-corrected chi connectivity index (χ4v) is 2.25. The highest BCUT2D eigenvalue weighted by Gasteiger charge is 2.23. The summed E-state index contributed by atoms with van der Waals surface area (Å²) < 4.78 is 5.65. The van der Waals surface area contributed by atoms with Crippen LogP contribution in [0.4, 0.5) is 11.5 Å². The van der Waals surface area contributed by atoms with Gasteiger partial charge >= 0.3 is 0 Å². The maximum atomic E-state index is 5.90. The molecule has 1 aromatic heterocycles. The Hall–Kier alpha value is -1.07. The molecular formula is C11H17ClN4O. The number of halogens is 1. The van der Waals surface area contributed by atoms with E-state index in [0.717, 1.165) is 38.4 Å². The fourth-order valence-electron chi connectivity index (χ4n) is 2.12. The van der Waals surface area contributed by atoms with E-state index in [0.29, 0.717) is 10.8 Å². The van der Waals surface area contributed by atoms with Gasteiger partial charge in [0.2, 0.25) is 0 Å². The van der Waals surface area contributed by atoms with Crippen LogP contribution >= 0.6 is 11.6 Å². The number of nitrogen functional groups attached to an aromatic ring is 1. The van der Waals surface area contributed by atoms with Crippen molar-refractivity contribution in [3.63, 3.8) is 0 Å². The zero-order chi connectivity index (χ0) is 12.3. The minimum atomic E-state index is 0.252. The molecule has 0 spiro atoms.